The summed E-state index contributed by atoms with van der Waals surface area (Å²) in [7, 11) is 0. The summed E-state index contributed by atoms with van der Waals surface area (Å²) in [6.07, 6.45) is 1.52. The summed E-state index contributed by atoms with van der Waals surface area (Å²) >= 11 is 12.3. The Kier molecular flexibility index (Phi) is 4.89. The molecule has 3 aromatic rings. The first kappa shape index (κ1) is 18.0. The molecule has 5 nitrogen and oxygen atoms in total. The molecule has 2 aromatic carbocycles. The Balaban J connectivity index is 1.55. The van der Waals surface area contributed by atoms with Crippen molar-refractivity contribution in [2.45, 2.75) is 26.0 Å². The average molecular weight is 402 g/mol. The summed E-state index contributed by atoms with van der Waals surface area (Å²) in [4.78, 5) is 23.0. The van der Waals surface area contributed by atoms with Crippen LogP contribution in [0.5, 0.6) is 5.88 Å². The van der Waals surface area contributed by atoms with Gasteiger partial charge in [-0.15, -0.1) is 0 Å². The van der Waals surface area contributed by atoms with Gasteiger partial charge in [0.1, 0.15) is 6.33 Å². The molecular weight excluding hydrogens is 385 g/mol. The van der Waals surface area contributed by atoms with Crippen LogP contribution in [0, 0.1) is 0 Å². The van der Waals surface area contributed by atoms with Crippen molar-refractivity contribution in [3.8, 4) is 5.88 Å². The molecule has 27 heavy (non-hydrogen) atoms. The van der Waals surface area contributed by atoms with Crippen molar-refractivity contribution >= 4 is 40.0 Å². The van der Waals surface area contributed by atoms with Crippen LogP contribution in [0.1, 0.15) is 18.1 Å². The Morgan fingerprint density at radius 1 is 1.19 bits per heavy atom. The Morgan fingerprint density at radius 2 is 1.96 bits per heavy atom. The van der Waals surface area contributed by atoms with Crippen LogP contribution in [-0.4, -0.2) is 33.4 Å². The van der Waals surface area contributed by atoms with Crippen LogP contribution in [0.25, 0.3) is 10.9 Å². The van der Waals surface area contributed by atoms with E-state index in [1.165, 1.54) is 17.5 Å². The van der Waals surface area contributed by atoms with E-state index in [0.717, 1.165) is 6.42 Å². The van der Waals surface area contributed by atoms with Gasteiger partial charge >= 0.3 is 0 Å². The Morgan fingerprint density at radius 3 is 2.78 bits per heavy atom. The normalized spacial score (nSPS) is 14.7. The van der Waals surface area contributed by atoms with Gasteiger partial charge in [0.25, 0.3) is 5.91 Å². The van der Waals surface area contributed by atoms with Crippen LogP contribution in [-0.2, 0) is 17.8 Å². The smallest absolute Gasteiger partial charge is 0.263 e. The summed E-state index contributed by atoms with van der Waals surface area (Å²) in [6.45, 7) is 2.99. The fraction of sp³-hybridized carbons (Fsp3) is 0.250. The molecule has 0 radical (unpaired) electrons. The van der Waals surface area contributed by atoms with Crippen molar-refractivity contribution in [3.05, 3.63) is 63.9 Å². The summed E-state index contributed by atoms with van der Waals surface area (Å²) in [6, 6.07) is 11.5. The molecule has 1 atom stereocenters. The van der Waals surface area contributed by atoms with E-state index < -0.39 is 6.10 Å². The zero-order valence-electron chi connectivity index (χ0n) is 14.7. The summed E-state index contributed by atoms with van der Waals surface area (Å²) in [5.74, 6) is 0.215. The second-order valence-corrected chi connectivity index (χ2v) is 7.34. The highest BCUT2D eigenvalue weighted by atomic mass is 35.5. The fourth-order valence-corrected chi connectivity index (χ4v) is 3.86. The number of rotatable bonds is 3. The van der Waals surface area contributed by atoms with Gasteiger partial charge in [-0.05, 0) is 36.6 Å². The number of carbonyl (C=O) groups is 1. The molecule has 0 aliphatic carbocycles. The maximum atomic E-state index is 12.9. The third-order valence-electron chi connectivity index (χ3n) is 4.70. The first-order valence-corrected chi connectivity index (χ1v) is 9.40. The molecule has 0 saturated carbocycles. The SMILES string of the molecule is C[C@H](Oc1ncnc2c(Cl)cc(Cl)cc12)C(=O)N1CCc2ccccc2C1. The zero-order valence-corrected chi connectivity index (χ0v) is 16.2. The Labute approximate surface area is 166 Å². The number of hydrogen-bond acceptors (Lipinski definition) is 4. The average Bonchev–Trinajstić information content (AvgIpc) is 2.67. The molecule has 1 aliphatic rings. The van der Waals surface area contributed by atoms with Crippen LogP contribution in [0.4, 0.5) is 0 Å². The van der Waals surface area contributed by atoms with Gasteiger partial charge in [-0.1, -0.05) is 47.5 Å². The quantitative estimate of drug-likeness (QED) is 0.656. The van der Waals surface area contributed by atoms with E-state index in [9.17, 15) is 4.79 Å². The van der Waals surface area contributed by atoms with E-state index in [0.29, 0.717) is 39.9 Å². The molecule has 0 saturated heterocycles. The third-order valence-corrected chi connectivity index (χ3v) is 5.21. The van der Waals surface area contributed by atoms with Gasteiger partial charge < -0.3 is 9.64 Å². The van der Waals surface area contributed by atoms with Crippen LogP contribution in [0.3, 0.4) is 0 Å². The van der Waals surface area contributed by atoms with E-state index in [2.05, 4.69) is 22.1 Å². The molecular formula is C20H17Cl2N3O2. The number of nitrogens with zero attached hydrogens (tertiary/aromatic N) is 3. The lowest BCUT2D eigenvalue weighted by Crippen LogP contribution is -2.43. The van der Waals surface area contributed by atoms with Crippen LogP contribution in [0.15, 0.2) is 42.7 Å². The maximum absolute atomic E-state index is 12.9. The van der Waals surface area contributed by atoms with Crippen LogP contribution < -0.4 is 4.74 Å². The van der Waals surface area contributed by atoms with Gasteiger partial charge in [-0.25, -0.2) is 9.97 Å². The lowest BCUT2D eigenvalue weighted by Gasteiger charge is -2.30. The van der Waals surface area contributed by atoms with E-state index in [-0.39, 0.29) is 5.91 Å². The molecule has 0 spiro atoms. The number of ether oxygens (including phenoxy) is 1. The molecule has 1 amide bonds. The van der Waals surface area contributed by atoms with Crippen LogP contribution >= 0.6 is 23.2 Å². The van der Waals surface area contributed by atoms with E-state index in [1.54, 1.807) is 19.1 Å². The van der Waals surface area contributed by atoms with Gasteiger partial charge in [-0.2, -0.15) is 0 Å². The molecule has 1 aromatic heterocycles. The minimum Gasteiger partial charge on any atom is -0.464 e. The number of amides is 1. The van der Waals surface area contributed by atoms with Crippen molar-refractivity contribution < 1.29 is 9.53 Å². The number of halogens is 2. The van der Waals surface area contributed by atoms with E-state index in [1.807, 2.05) is 17.0 Å². The third kappa shape index (κ3) is 3.57. The van der Waals surface area contributed by atoms with Crippen molar-refractivity contribution in [1.29, 1.82) is 0 Å². The van der Waals surface area contributed by atoms with Crippen LogP contribution in [0.2, 0.25) is 10.0 Å². The molecule has 2 heterocycles. The number of carbonyl (C=O) groups excluding carboxylic acids is 1. The minimum absolute atomic E-state index is 0.0793. The van der Waals surface area contributed by atoms with Crippen molar-refractivity contribution in [3.63, 3.8) is 0 Å². The highest BCUT2D eigenvalue weighted by Crippen LogP contribution is 2.31. The number of hydrogen-bond donors (Lipinski definition) is 0. The predicted molar refractivity (Wildman–Crippen MR) is 105 cm³/mol. The number of aromatic nitrogens is 2. The first-order chi connectivity index (χ1) is 13.0. The molecule has 138 valence electrons. The standard InChI is InChI=1S/C20H17Cl2N3O2/c1-12(20(26)25-7-6-13-4-2-3-5-14(13)10-25)27-19-16-8-15(21)9-17(22)18(16)23-11-24-19/h2-5,8-9,11-12H,6-7,10H2,1H3/t12-/m0/s1. The van der Waals surface area contributed by atoms with Gasteiger partial charge in [-0.3, -0.25) is 4.79 Å². The first-order valence-electron chi connectivity index (χ1n) is 8.65. The monoisotopic (exact) mass is 401 g/mol. The molecule has 4 rings (SSSR count). The predicted octanol–water partition coefficient (Wildman–Crippen LogP) is 4.29. The highest BCUT2D eigenvalue weighted by Gasteiger charge is 2.26. The van der Waals surface area contributed by atoms with Crippen molar-refractivity contribution in [2.75, 3.05) is 6.54 Å². The summed E-state index contributed by atoms with van der Waals surface area (Å²) in [5.41, 5.74) is 3.01. The summed E-state index contributed by atoms with van der Waals surface area (Å²) < 4.78 is 5.88. The second-order valence-electron chi connectivity index (χ2n) is 6.50. The van der Waals surface area contributed by atoms with E-state index in [4.69, 9.17) is 27.9 Å². The molecule has 0 bridgehead atoms. The van der Waals surface area contributed by atoms with Crippen molar-refractivity contribution in [2.24, 2.45) is 0 Å². The zero-order chi connectivity index (χ0) is 19.0. The molecule has 1 aliphatic heterocycles. The molecule has 0 fully saturated rings. The molecule has 7 heteroatoms. The van der Waals surface area contributed by atoms with Gasteiger partial charge in [0.2, 0.25) is 5.88 Å². The fourth-order valence-electron chi connectivity index (χ4n) is 3.32. The topological polar surface area (TPSA) is 55.3 Å². The maximum Gasteiger partial charge on any atom is 0.263 e. The molecule has 0 N–H and O–H groups in total. The number of fused-ring (bicyclic) bond motifs is 2. The minimum atomic E-state index is -0.689. The lowest BCUT2D eigenvalue weighted by molar-refractivity contribution is -0.139. The Hall–Kier alpha value is -2.37. The van der Waals surface area contributed by atoms with Gasteiger partial charge in [0.15, 0.2) is 6.10 Å². The highest BCUT2D eigenvalue weighted by molar-refractivity contribution is 6.38. The lowest BCUT2D eigenvalue weighted by atomic mass is 9.99. The molecule has 0 unspecified atom stereocenters. The Bertz CT molecular complexity index is 1030. The largest absolute Gasteiger partial charge is 0.464 e. The van der Waals surface area contributed by atoms with E-state index >= 15 is 0 Å². The van der Waals surface area contributed by atoms with Gasteiger partial charge in [0, 0.05) is 18.1 Å². The van der Waals surface area contributed by atoms with Crippen molar-refractivity contribution in [1.82, 2.24) is 14.9 Å². The second kappa shape index (κ2) is 7.33. The van der Waals surface area contributed by atoms with Gasteiger partial charge in [0.05, 0.1) is 15.9 Å². The summed E-state index contributed by atoms with van der Waals surface area (Å²) in [5, 5.41) is 1.45. The number of benzene rings is 2.